The highest BCUT2D eigenvalue weighted by Crippen LogP contribution is 2.28. The summed E-state index contributed by atoms with van der Waals surface area (Å²) < 4.78 is 0. The van der Waals surface area contributed by atoms with Gasteiger partial charge in [-0.25, -0.2) is 0 Å². The van der Waals surface area contributed by atoms with Crippen molar-refractivity contribution in [2.24, 2.45) is 0 Å². The van der Waals surface area contributed by atoms with Crippen LogP contribution < -0.4 is 5.32 Å². The summed E-state index contributed by atoms with van der Waals surface area (Å²) in [7, 11) is 0. The number of hydrogen-bond acceptors (Lipinski definition) is 4. The number of aliphatic hydroxyl groups excluding tert-OH is 1. The summed E-state index contributed by atoms with van der Waals surface area (Å²) >= 11 is 1.73. The molecule has 0 amide bonds. The lowest BCUT2D eigenvalue weighted by Crippen LogP contribution is -2.44. The highest BCUT2D eigenvalue weighted by molar-refractivity contribution is 7.99. The zero-order chi connectivity index (χ0) is 14.8. The monoisotopic (exact) mass is 292 g/mol. The van der Waals surface area contributed by atoms with Gasteiger partial charge in [-0.1, -0.05) is 44.2 Å². The summed E-state index contributed by atoms with van der Waals surface area (Å²) in [5.41, 5.74) is 0.366. The standard InChI is InChI=1S/C16H24N2OS/c1-3-10-18-16(12-17,13-20-14(2)9-11-19)15-7-5-4-6-8-15/h4-8,14,18-19H,3,9-11,13H2,1-2H3. The minimum absolute atomic E-state index is 0.196. The number of nitrogens with one attached hydrogen (secondary N) is 1. The van der Waals surface area contributed by atoms with E-state index in [2.05, 4.69) is 25.2 Å². The maximum absolute atomic E-state index is 9.72. The molecule has 1 rings (SSSR count). The van der Waals surface area contributed by atoms with Crippen molar-refractivity contribution < 1.29 is 5.11 Å². The Labute approximate surface area is 126 Å². The summed E-state index contributed by atoms with van der Waals surface area (Å²) in [4.78, 5) is 0. The van der Waals surface area contributed by atoms with Gasteiger partial charge < -0.3 is 5.11 Å². The van der Waals surface area contributed by atoms with E-state index in [0.717, 1.165) is 24.9 Å². The smallest absolute Gasteiger partial charge is 0.141 e. The molecule has 0 aliphatic heterocycles. The molecule has 0 spiro atoms. The molecule has 20 heavy (non-hydrogen) atoms. The van der Waals surface area contributed by atoms with Crippen molar-refractivity contribution in [2.75, 3.05) is 18.9 Å². The van der Waals surface area contributed by atoms with Crippen molar-refractivity contribution >= 4 is 11.8 Å². The molecule has 0 aromatic heterocycles. The lowest BCUT2D eigenvalue weighted by molar-refractivity contribution is 0.288. The van der Waals surface area contributed by atoms with Crippen LogP contribution in [-0.4, -0.2) is 29.3 Å². The third-order valence-corrected chi connectivity index (χ3v) is 4.66. The van der Waals surface area contributed by atoms with Crippen molar-refractivity contribution in [3.63, 3.8) is 0 Å². The maximum atomic E-state index is 9.72. The number of nitrogens with zero attached hydrogens (tertiary/aromatic N) is 1. The molecule has 2 atom stereocenters. The van der Waals surface area contributed by atoms with Gasteiger partial charge in [-0.3, -0.25) is 5.32 Å². The van der Waals surface area contributed by atoms with Gasteiger partial charge in [0.05, 0.1) is 6.07 Å². The molecule has 110 valence electrons. The van der Waals surface area contributed by atoms with Gasteiger partial charge in [-0.15, -0.1) is 0 Å². The number of rotatable bonds is 9. The highest BCUT2D eigenvalue weighted by Gasteiger charge is 2.32. The van der Waals surface area contributed by atoms with Gasteiger partial charge in [0.25, 0.3) is 0 Å². The first-order valence-electron chi connectivity index (χ1n) is 7.12. The summed E-state index contributed by atoms with van der Waals surface area (Å²) in [5.74, 6) is 0.689. The first-order valence-corrected chi connectivity index (χ1v) is 8.17. The molecule has 0 aliphatic carbocycles. The van der Waals surface area contributed by atoms with Gasteiger partial charge in [0.2, 0.25) is 0 Å². The number of aliphatic hydroxyl groups is 1. The van der Waals surface area contributed by atoms with E-state index in [0.29, 0.717) is 11.0 Å². The van der Waals surface area contributed by atoms with E-state index in [1.165, 1.54) is 0 Å². The molecular weight excluding hydrogens is 268 g/mol. The van der Waals surface area contributed by atoms with Crippen LogP contribution in [0.2, 0.25) is 0 Å². The average Bonchev–Trinajstić information content (AvgIpc) is 2.49. The van der Waals surface area contributed by atoms with Gasteiger partial charge >= 0.3 is 0 Å². The molecule has 0 saturated heterocycles. The summed E-state index contributed by atoms with van der Waals surface area (Å²) in [6.07, 6.45) is 1.75. The lowest BCUT2D eigenvalue weighted by atomic mass is 9.93. The van der Waals surface area contributed by atoms with Crippen molar-refractivity contribution in [1.82, 2.24) is 5.32 Å². The van der Waals surface area contributed by atoms with E-state index in [1.54, 1.807) is 11.8 Å². The first kappa shape index (κ1) is 17.0. The molecule has 1 aromatic carbocycles. The molecule has 0 radical (unpaired) electrons. The van der Waals surface area contributed by atoms with E-state index in [4.69, 9.17) is 5.11 Å². The Hall–Kier alpha value is -1.02. The van der Waals surface area contributed by atoms with E-state index in [1.807, 2.05) is 30.3 Å². The molecule has 1 aromatic rings. The zero-order valence-electron chi connectivity index (χ0n) is 12.3. The van der Waals surface area contributed by atoms with Crippen LogP contribution in [0.15, 0.2) is 30.3 Å². The predicted octanol–water partition coefficient (Wildman–Crippen LogP) is 2.91. The van der Waals surface area contributed by atoms with E-state index < -0.39 is 5.54 Å². The quantitative estimate of drug-likeness (QED) is 0.735. The van der Waals surface area contributed by atoms with Crippen molar-refractivity contribution in [2.45, 2.75) is 37.5 Å². The molecule has 0 heterocycles. The zero-order valence-corrected chi connectivity index (χ0v) is 13.1. The third kappa shape index (κ3) is 4.82. The van der Waals surface area contributed by atoms with Crippen LogP contribution in [-0.2, 0) is 5.54 Å². The Morgan fingerprint density at radius 1 is 1.40 bits per heavy atom. The fraction of sp³-hybridized carbons (Fsp3) is 0.562. The van der Waals surface area contributed by atoms with Gasteiger partial charge in [0, 0.05) is 17.6 Å². The van der Waals surface area contributed by atoms with Gasteiger partial charge in [0.1, 0.15) is 5.54 Å². The Kier molecular flexibility index (Phi) is 7.68. The second-order valence-corrected chi connectivity index (χ2v) is 6.37. The van der Waals surface area contributed by atoms with Crippen LogP contribution in [0, 0.1) is 11.3 Å². The molecule has 0 aliphatic rings. The van der Waals surface area contributed by atoms with Crippen LogP contribution in [0.25, 0.3) is 0 Å². The van der Waals surface area contributed by atoms with Crippen LogP contribution in [0.4, 0.5) is 0 Å². The van der Waals surface area contributed by atoms with Crippen LogP contribution >= 0.6 is 11.8 Å². The predicted molar refractivity (Wildman–Crippen MR) is 85.6 cm³/mol. The number of benzene rings is 1. The summed E-state index contributed by atoms with van der Waals surface area (Å²) in [5, 5.41) is 22.5. The van der Waals surface area contributed by atoms with Gasteiger partial charge in [-0.05, 0) is 24.9 Å². The lowest BCUT2D eigenvalue weighted by Gasteiger charge is -2.29. The normalized spacial score (nSPS) is 15.3. The molecule has 2 unspecified atom stereocenters. The first-order chi connectivity index (χ1) is 9.68. The Balaban J connectivity index is 2.86. The number of hydrogen-bond donors (Lipinski definition) is 2. The topological polar surface area (TPSA) is 56.0 Å². The molecule has 0 fully saturated rings. The second-order valence-electron chi connectivity index (χ2n) is 4.94. The van der Waals surface area contributed by atoms with Gasteiger partial charge in [0.15, 0.2) is 0 Å². The fourth-order valence-corrected chi connectivity index (χ4v) is 3.11. The van der Waals surface area contributed by atoms with Crippen LogP contribution in [0.5, 0.6) is 0 Å². The minimum Gasteiger partial charge on any atom is -0.396 e. The van der Waals surface area contributed by atoms with E-state index >= 15 is 0 Å². The van der Waals surface area contributed by atoms with Crippen molar-refractivity contribution in [1.29, 1.82) is 5.26 Å². The Morgan fingerprint density at radius 3 is 2.65 bits per heavy atom. The molecule has 2 N–H and O–H groups in total. The fourth-order valence-electron chi connectivity index (χ4n) is 1.97. The SMILES string of the molecule is CCCNC(C#N)(CSC(C)CCO)c1ccccc1. The van der Waals surface area contributed by atoms with Crippen molar-refractivity contribution in [3.05, 3.63) is 35.9 Å². The molecule has 0 saturated carbocycles. The molecule has 3 nitrogen and oxygen atoms in total. The summed E-state index contributed by atoms with van der Waals surface area (Å²) in [6.45, 7) is 5.20. The van der Waals surface area contributed by atoms with E-state index in [-0.39, 0.29) is 6.61 Å². The molecular formula is C16H24N2OS. The minimum atomic E-state index is -0.647. The largest absolute Gasteiger partial charge is 0.396 e. The average molecular weight is 292 g/mol. The molecule has 4 heteroatoms. The van der Waals surface area contributed by atoms with Crippen LogP contribution in [0.3, 0.4) is 0 Å². The number of thioether (sulfide) groups is 1. The van der Waals surface area contributed by atoms with Crippen LogP contribution in [0.1, 0.15) is 32.3 Å². The highest BCUT2D eigenvalue weighted by atomic mass is 32.2. The number of nitriles is 1. The second kappa shape index (κ2) is 9.02. The summed E-state index contributed by atoms with van der Waals surface area (Å²) in [6, 6.07) is 12.4. The Morgan fingerprint density at radius 2 is 2.10 bits per heavy atom. The third-order valence-electron chi connectivity index (χ3n) is 3.25. The van der Waals surface area contributed by atoms with E-state index in [9.17, 15) is 5.26 Å². The van der Waals surface area contributed by atoms with Crippen molar-refractivity contribution in [3.8, 4) is 6.07 Å². The molecule has 0 bridgehead atoms. The maximum Gasteiger partial charge on any atom is 0.141 e. The van der Waals surface area contributed by atoms with Gasteiger partial charge in [-0.2, -0.15) is 17.0 Å². The Bertz CT molecular complexity index is 418.